The smallest absolute Gasteiger partial charge is 0.269 e. The zero-order chi connectivity index (χ0) is 19.8. The molecule has 0 spiro atoms. The third kappa shape index (κ3) is 3.37. The molecule has 2 aliphatic rings. The lowest BCUT2D eigenvalue weighted by Crippen LogP contribution is -2.31. The second-order valence-electron chi connectivity index (χ2n) is 6.88. The van der Waals surface area contributed by atoms with Crippen LogP contribution in [0.15, 0.2) is 29.4 Å². The zero-order valence-corrected chi connectivity index (χ0v) is 16.1. The van der Waals surface area contributed by atoms with Gasteiger partial charge in [0.1, 0.15) is 5.25 Å². The molecule has 0 N–H and O–H groups in total. The van der Waals surface area contributed by atoms with Gasteiger partial charge >= 0.3 is 0 Å². The molecule has 1 aliphatic carbocycles. The number of benzene rings is 1. The van der Waals surface area contributed by atoms with E-state index in [1.54, 1.807) is 0 Å². The van der Waals surface area contributed by atoms with Crippen LogP contribution in [0, 0.1) is 17.0 Å². The summed E-state index contributed by atoms with van der Waals surface area (Å²) in [5, 5.41) is 10.7. The highest BCUT2D eigenvalue weighted by atomic mass is 32.2. The van der Waals surface area contributed by atoms with Crippen molar-refractivity contribution in [1.29, 1.82) is 0 Å². The van der Waals surface area contributed by atoms with E-state index in [-0.39, 0.29) is 23.9 Å². The molecule has 1 saturated heterocycles. The number of thioether (sulfide) groups is 1. The lowest BCUT2D eigenvalue weighted by atomic mass is 9.95. The van der Waals surface area contributed by atoms with E-state index in [1.165, 1.54) is 41.6 Å². The van der Waals surface area contributed by atoms with Crippen molar-refractivity contribution in [3.8, 4) is 0 Å². The van der Waals surface area contributed by atoms with Gasteiger partial charge < -0.3 is 0 Å². The van der Waals surface area contributed by atoms with Crippen molar-refractivity contribution in [3.05, 3.63) is 51.3 Å². The lowest BCUT2D eigenvalue weighted by Gasteiger charge is -2.18. The summed E-state index contributed by atoms with van der Waals surface area (Å²) >= 11 is 1.21. The number of carbonyl (C=O) groups is 2. The number of rotatable bonds is 4. The minimum absolute atomic E-state index is 0.0555. The van der Waals surface area contributed by atoms with Crippen LogP contribution in [0.3, 0.4) is 0 Å². The molecule has 4 rings (SSSR count). The molecule has 0 radical (unpaired) electrons. The van der Waals surface area contributed by atoms with Gasteiger partial charge in [0.15, 0.2) is 5.16 Å². The molecule has 0 unspecified atom stereocenters. The Morgan fingerprint density at radius 2 is 1.86 bits per heavy atom. The van der Waals surface area contributed by atoms with Gasteiger partial charge in [-0.3, -0.25) is 19.7 Å². The Morgan fingerprint density at radius 3 is 2.57 bits per heavy atom. The van der Waals surface area contributed by atoms with E-state index >= 15 is 0 Å². The first-order valence-corrected chi connectivity index (χ1v) is 9.96. The highest BCUT2D eigenvalue weighted by Crippen LogP contribution is 2.34. The number of hydrogen-bond donors (Lipinski definition) is 0. The fraction of sp³-hybridized carbons (Fsp3) is 0.368. The van der Waals surface area contributed by atoms with E-state index in [4.69, 9.17) is 0 Å². The highest BCUT2D eigenvalue weighted by molar-refractivity contribution is 8.00. The van der Waals surface area contributed by atoms with Crippen molar-refractivity contribution < 1.29 is 14.5 Å². The molecule has 1 aromatic carbocycles. The molecule has 2 aromatic rings. The average molecular weight is 398 g/mol. The molecule has 1 aromatic heterocycles. The number of amides is 2. The SMILES string of the molecule is Cc1nc(S[C@@H]2CC(=O)N(c3ccc([N+](=O)[O-])cc3)C2=O)nc2c1CCCC2. The molecule has 1 aliphatic heterocycles. The number of carbonyl (C=O) groups excluding carboxylic acids is 2. The number of imide groups is 1. The fourth-order valence-electron chi connectivity index (χ4n) is 3.62. The number of nitro benzene ring substituents is 1. The predicted octanol–water partition coefficient (Wildman–Crippen LogP) is 3.00. The third-order valence-corrected chi connectivity index (χ3v) is 6.09. The van der Waals surface area contributed by atoms with Crippen LogP contribution in [-0.2, 0) is 22.4 Å². The predicted molar refractivity (Wildman–Crippen MR) is 103 cm³/mol. The van der Waals surface area contributed by atoms with Crippen LogP contribution >= 0.6 is 11.8 Å². The Balaban J connectivity index is 1.54. The van der Waals surface area contributed by atoms with E-state index in [0.29, 0.717) is 10.8 Å². The minimum Gasteiger partial charge on any atom is -0.274 e. The number of hydrogen-bond acceptors (Lipinski definition) is 7. The van der Waals surface area contributed by atoms with E-state index in [1.807, 2.05) is 6.92 Å². The van der Waals surface area contributed by atoms with Crippen LogP contribution in [0.5, 0.6) is 0 Å². The molecule has 1 fully saturated rings. The average Bonchev–Trinajstić information content (AvgIpc) is 2.95. The maximum atomic E-state index is 12.8. The summed E-state index contributed by atoms with van der Waals surface area (Å²) in [6.07, 6.45) is 4.20. The van der Waals surface area contributed by atoms with Gasteiger partial charge in [0, 0.05) is 29.9 Å². The van der Waals surface area contributed by atoms with Crippen molar-refractivity contribution in [3.63, 3.8) is 0 Å². The Bertz CT molecular complexity index is 977. The van der Waals surface area contributed by atoms with Crippen molar-refractivity contribution in [2.24, 2.45) is 0 Å². The molecule has 2 amide bonds. The highest BCUT2D eigenvalue weighted by Gasteiger charge is 2.41. The molecule has 28 heavy (non-hydrogen) atoms. The first-order valence-electron chi connectivity index (χ1n) is 9.08. The van der Waals surface area contributed by atoms with Gasteiger partial charge in [-0.15, -0.1) is 0 Å². The third-order valence-electron chi connectivity index (χ3n) is 5.04. The molecular formula is C19H18N4O4S. The van der Waals surface area contributed by atoms with E-state index in [2.05, 4.69) is 9.97 Å². The Kier molecular flexibility index (Phi) is 4.84. The molecule has 0 saturated carbocycles. The zero-order valence-electron chi connectivity index (χ0n) is 15.3. The largest absolute Gasteiger partial charge is 0.274 e. The van der Waals surface area contributed by atoms with Gasteiger partial charge in [-0.2, -0.15) is 0 Å². The summed E-state index contributed by atoms with van der Waals surface area (Å²) in [4.78, 5) is 45.7. The maximum absolute atomic E-state index is 12.8. The first-order chi connectivity index (χ1) is 13.4. The molecule has 2 heterocycles. The van der Waals surface area contributed by atoms with Gasteiger partial charge in [0.2, 0.25) is 11.8 Å². The topological polar surface area (TPSA) is 106 Å². The lowest BCUT2D eigenvalue weighted by molar-refractivity contribution is -0.384. The van der Waals surface area contributed by atoms with Gasteiger partial charge in [-0.05, 0) is 50.3 Å². The van der Waals surface area contributed by atoms with Gasteiger partial charge in [0.05, 0.1) is 10.6 Å². The Labute approximate surface area is 165 Å². The van der Waals surface area contributed by atoms with Crippen molar-refractivity contribution in [1.82, 2.24) is 9.97 Å². The van der Waals surface area contributed by atoms with Crippen molar-refractivity contribution >= 4 is 35.0 Å². The number of aromatic nitrogens is 2. The quantitative estimate of drug-likeness (QED) is 0.337. The normalized spacial score (nSPS) is 19.0. The van der Waals surface area contributed by atoms with Crippen molar-refractivity contribution in [2.45, 2.75) is 49.4 Å². The number of non-ortho nitro benzene ring substituents is 1. The molecule has 8 nitrogen and oxygen atoms in total. The van der Waals surface area contributed by atoms with Crippen LogP contribution in [-0.4, -0.2) is 32.0 Å². The second kappa shape index (κ2) is 7.31. The van der Waals surface area contributed by atoms with Gasteiger partial charge in [0.25, 0.3) is 5.69 Å². The summed E-state index contributed by atoms with van der Waals surface area (Å²) in [5.41, 5.74) is 3.44. The number of anilines is 1. The standard InChI is InChI=1S/C19H18N4O4S/c1-11-14-4-2-3-5-15(14)21-19(20-11)28-16-10-17(24)22(18(16)25)12-6-8-13(9-7-12)23(26)27/h6-9,16H,2-5,10H2,1H3/t16-/m1/s1. The monoisotopic (exact) mass is 398 g/mol. The molecule has 0 bridgehead atoms. The van der Waals surface area contributed by atoms with Crippen LogP contribution in [0.25, 0.3) is 0 Å². The minimum atomic E-state index is -0.594. The maximum Gasteiger partial charge on any atom is 0.269 e. The number of aryl methyl sites for hydroxylation is 2. The van der Waals surface area contributed by atoms with Gasteiger partial charge in [-0.25, -0.2) is 14.9 Å². The molecule has 1 atom stereocenters. The number of fused-ring (bicyclic) bond motifs is 1. The van der Waals surface area contributed by atoms with Gasteiger partial charge in [-0.1, -0.05) is 11.8 Å². The van der Waals surface area contributed by atoms with Crippen LogP contribution in [0.2, 0.25) is 0 Å². The molecule has 9 heteroatoms. The van der Waals surface area contributed by atoms with Crippen LogP contribution < -0.4 is 4.90 Å². The Morgan fingerprint density at radius 1 is 1.14 bits per heavy atom. The first kappa shape index (κ1) is 18.5. The fourth-order valence-corrected chi connectivity index (χ4v) is 4.66. The number of nitro groups is 1. The van der Waals surface area contributed by atoms with Crippen LogP contribution in [0.4, 0.5) is 11.4 Å². The Hall–Kier alpha value is -2.81. The second-order valence-corrected chi connectivity index (χ2v) is 8.05. The summed E-state index contributed by atoms with van der Waals surface area (Å²) in [6.45, 7) is 1.96. The van der Waals surface area contributed by atoms with E-state index < -0.39 is 10.2 Å². The number of nitrogens with zero attached hydrogens (tertiary/aromatic N) is 4. The molecule has 144 valence electrons. The summed E-state index contributed by atoms with van der Waals surface area (Å²) < 4.78 is 0. The van der Waals surface area contributed by atoms with E-state index in [9.17, 15) is 19.7 Å². The molecular weight excluding hydrogens is 380 g/mol. The summed E-state index contributed by atoms with van der Waals surface area (Å²) in [5.74, 6) is -0.672. The van der Waals surface area contributed by atoms with Crippen molar-refractivity contribution in [2.75, 3.05) is 4.90 Å². The summed E-state index contributed by atoms with van der Waals surface area (Å²) in [7, 11) is 0. The van der Waals surface area contributed by atoms with E-state index in [0.717, 1.165) is 42.0 Å². The van der Waals surface area contributed by atoms with Crippen LogP contribution in [0.1, 0.15) is 36.2 Å². The summed E-state index contributed by atoms with van der Waals surface area (Å²) in [6, 6.07) is 5.40.